The molecule has 0 spiro atoms. The molecule has 0 atom stereocenters. The molecule has 0 unspecified atom stereocenters. The third-order valence-corrected chi connectivity index (χ3v) is 3.86. The maximum atomic E-state index is 4.53. The van der Waals surface area contributed by atoms with Gasteiger partial charge in [0.05, 0.1) is 0 Å². The monoisotopic (exact) mass is 232 g/mol. The second-order valence-electron chi connectivity index (χ2n) is 5.03. The van der Waals surface area contributed by atoms with Gasteiger partial charge in [0.2, 0.25) is 5.95 Å². The van der Waals surface area contributed by atoms with Gasteiger partial charge in [0.1, 0.15) is 0 Å². The van der Waals surface area contributed by atoms with Crippen LogP contribution >= 0.6 is 0 Å². The number of piperidine rings is 1. The number of hydrogen-bond acceptors (Lipinski definition) is 4. The van der Waals surface area contributed by atoms with E-state index in [4.69, 9.17) is 0 Å². The van der Waals surface area contributed by atoms with Gasteiger partial charge in [-0.3, -0.25) is 0 Å². The lowest BCUT2D eigenvalue weighted by molar-refractivity contribution is 0.458. The average Bonchev–Trinajstić information content (AvgIpc) is 2.94. The highest BCUT2D eigenvalue weighted by atomic mass is 15.3. The van der Waals surface area contributed by atoms with Crippen LogP contribution in [-0.4, -0.2) is 36.1 Å². The van der Waals surface area contributed by atoms with Crippen LogP contribution in [0.25, 0.3) is 0 Å². The molecule has 2 saturated heterocycles. The first-order valence-electron chi connectivity index (χ1n) is 6.71. The van der Waals surface area contributed by atoms with Gasteiger partial charge in [-0.15, -0.1) is 0 Å². The summed E-state index contributed by atoms with van der Waals surface area (Å²) in [5, 5.41) is 3.39. The minimum atomic E-state index is 0.656. The Morgan fingerprint density at radius 1 is 1.06 bits per heavy atom. The molecular formula is C13H20N4. The molecule has 1 aromatic rings. The molecule has 3 rings (SSSR count). The molecule has 2 aliphatic rings. The highest BCUT2D eigenvalue weighted by Crippen LogP contribution is 2.25. The normalized spacial score (nSPS) is 22.0. The van der Waals surface area contributed by atoms with E-state index in [1.165, 1.54) is 31.2 Å². The highest BCUT2D eigenvalue weighted by molar-refractivity contribution is 5.31. The predicted octanol–water partition coefficient (Wildman–Crippen LogP) is 1.54. The molecule has 4 heteroatoms. The SMILES string of the molecule is c1nc(N2CCCC2)ncc1C1CCNCC1. The smallest absolute Gasteiger partial charge is 0.225 e. The maximum absolute atomic E-state index is 4.53. The van der Waals surface area contributed by atoms with Gasteiger partial charge in [-0.25, -0.2) is 9.97 Å². The number of aromatic nitrogens is 2. The Morgan fingerprint density at radius 2 is 1.71 bits per heavy atom. The molecular weight excluding hydrogens is 212 g/mol. The van der Waals surface area contributed by atoms with Gasteiger partial charge < -0.3 is 10.2 Å². The van der Waals surface area contributed by atoms with Crippen molar-refractivity contribution in [3.8, 4) is 0 Å². The molecule has 0 amide bonds. The molecule has 3 heterocycles. The van der Waals surface area contributed by atoms with E-state index in [0.29, 0.717) is 5.92 Å². The zero-order chi connectivity index (χ0) is 11.5. The minimum Gasteiger partial charge on any atom is -0.341 e. The minimum absolute atomic E-state index is 0.656. The van der Waals surface area contributed by atoms with Gasteiger partial charge in [0, 0.05) is 25.5 Å². The summed E-state index contributed by atoms with van der Waals surface area (Å²) in [6.07, 6.45) is 9.06. The fraction of sp³-hybridized carbons (Fsp3) is 0.692. The highest BCUT2D eigenvalue weighted by Gasteiger charge is 2.18. The van der Waals surface area contributed by atoms with E-state index in [0.717, 1.165) is 32.1 Å². The second-order valence-corrected chi connectivity index (χ2v) is 5.03. The molecule has 92 valence electrons. The van der Waals surface area contributed by atoms with E-state index in [1.54, 1.807) is 0 Å². The van der Waals surface area contributed by atoms with Crippen LogP contribution in [0, 0.1) is 0 Å². The van der Waals surface area contributed by atoms with E-state index in [9.17, 15) is 0 Å². The lowest BCUT2D eigenvalue weighted by Gasteiger charge is -2.23. The Labute approximate surface area is 102 Å². The summed E-state index contributed by atoms with van der Waals surface area (Å²) in [4.78, 5) is 11.3. The molecule has 2 aliphatic heterocycles. The topological polar surface area (TPSA) is 41.1 Å². The summed E-state index contributed by atoms with van der Waals surface area (Å²) in [5.74, 6) is 1.57. The quantitative estimate of drug-likeness (QED) is 0.840. The molecule has 0 saturated carbocycles. The Balaban J connectivity index is 1.70. The van der Waals surface area contributed by atoms with Crippen molar-refractivity contribution in [1.82, 2.24) is 15.3 Å². The van der Waals surface area contributed by atoms with Gasteiger partial charge in [-0.2, -0.15) is 0 Å². The fourth-order valence-electron chi connectivity index (χ4n) is 2.78. The lowest BCUT2D eigenvalue weighted by Crippen LogP contribution is -2.27. The van der Waals surface area contributed by atoms with Crippen molar-refractivity contribution in [3.05, 3.63) is 18.0 Å². The second kappa shape index (κ2) is 5.00. The summed E-state index contributed by atoms with van der Waals surface area (Å²) in [6, 6.07) is 0. The van der Waals surface area contributed by atoms with Crippen molar-refractivity contribution in [2.45, 2.75) is 31.6 Å². The molecule has 2 fully saturated rings. The molecule has 1 N–H and O–H groups in total. The third-order valence-electron chi connectivity index (χ3n) is 3.86. The summed E-state index contributed by atoms with van der Waals surface area (Å²) in [7, 11) is 0. The van der Waals surface area contributed by atoms with Gasteiger partial charge in [-0.05, 0) is 50.3 Å². The zero-order valence-corrected chi connectivity index (χ0v) is 10.2. The van der Waals surface area contributed by atoms with E-state index >= 15 is 0 Å². The molecule has 17 heavy (non-hydrogen) atoms. The van der Waals surface area contributed by atoms with Crippen LogP contribution in [0.1, 0.15) is 37.2 Å². The zero-order valence-electron chi connectivity index (χ0n) is 10.2. The number of hydrogen-bond donors (Lipinski definition) is 1. The largest absolute Gasteiger partial charge is 0.341 e. The average molecular weight is 232 g/mol. The molecule has 4 nitrogen and oxygen atoms in total. The first-order valence-corrected chi connectivity index (χ1v) is 6.71. The standard InChI is InChI=1S/C13H20N4/c1-2-8-17(7-1)13-15-9-12(10-16-13)11-3-5-14-6-4-11/h9-11,14H,1-8H2. The van der Waals surface area contributed by atoms with Gasteiger partial charge in [0.15, 0.2) is 0 Å². The van der Waals surface area contributed by atoms with E-state index in [1.807, 2.05) is 12.4 Å². The molecule has 0 radical (unpaired) electrons. The number of rotatable bonds is 2. The maximum Gasteiger partial charge on any atom is 0.225 e. The van der Waals surface area contributed by atoms with Crippen molar-refractivity contribution in [2.75, 3.05) is 31.1 Å². The molecule has 0 aliphatic carbocycles. The predicted molar refractivity (Wildman–Crippen MR) is 68.3 cm³/mol. The first-order chi connectivity index (χ1) is 8.43. The van der Waals surface area contributed by atoms with Crippen molar-refractivity contribution < 1.29 is 0 Å². The number of nitrogens with zero attached hydrogens (tertiary/aromatic N) is 3. The van der Waals surface area contributed by atoms with E-state index in [-0.39, 0.29) is 0 Å². The van der Waals surface area contributed by atoms with E-state index in [2.05, 4.69) is 20.2 Å². The van der Waals surface area contributed by atoms with Gasteiger partial charge in [-0.1, -0.05) is 0 Å². The Bertz CT molecular complexity index is 350. The van der Waals surface area contributed by atoms with Crippen LogP contribution in [0.15, 0.2) is 12.4 Å². The first kappa shape index (κ1) is 11.0. The van der Waals surface area contributed by atoms with Crippen molar-refractivity contribution >= 4 is 5.95 Å². The van der Waals surface area contributed by atoms with Crippen LogP contribution in [0.4, 0.5) is 5.95 Å². The fourth-order valence-corrected chi connectivity index (χ4v) is 2.78. The summed E-state index contributed by atoms with van der Waals surface area (Å²) < 4.78 is 0. The lowest BCUT2D eigenvalue weighted by atomic mass is 9.92. The van der Waals surface area contributed by atoms with E-state index < -0.39 is 0 Å². The molecule has 0 aromatic carbocycles. The van der Waals surface area contributed by atoms with Crippen molar-refractivity contribution in [3.63, 3.8) is 0 Å². The Hall–Kier alpha value is -1.16. The van der Waals surface area contributed by atoms with Gasteiger partial charge >= 0.3 is 0 Å². The van der Waals surface area contributed by atoms with Crippen LogP contribution in [0.5, 0.6) is 0 Å². The number of anilines is 1. The van der Waals surface area contributed by atoms with Crippen LogP contribution in [0.2, 0.25) is 0 Å². The summed E-state index contributed by atoms with van der Waals surface area (Å²) >= 11 is 0. The molecule has 1 aromatic heterocycles. The summed E-state index contributed by atoms with van der Waals surface area (Å²) in [5.41, 5.74) is 1.31. The third kappa shape index (κ3) is 2.41. The Kier molecular flexibility index (Phi) is 3.22. The van der Waals surface area contributed by atoms with Crippen LogP contribution < -0.4 is 10.2 Å². The summed E-state index contributed by atoms with van der Waals surface area (Å²) in [6.45, 7) is 4.48. The van der Waals surface area contributed by atoms with Crippen molar-refractivity contribution in [1.29, 1.82) is 0 Å². The Morgan fingerprint density at radius 3 is 2.35 bits per heavy atom. The molecule has 0 bridgehead atoms. The van der Waals surface area contributed by atoms with Crippen LogP contribution in [-0.2, 0) is 0 Å². The number of nitrogens with one attached hydrogen (secondary N) is 1. The van der Waals surface area contributed by atoms with Crippen LogP contribution in [0.3, 0.4) is 0 Å². The van der Waals surface area contributed by atoms with Crippen molar-refractivity contribution in [2.24, 2.45) is 0 Å². The van der Waals surface area contributed by atoms with Gasteiger partial charge in [0.25, 0.3) is 0 Å².